The van der Waals surface area contributed by atoms with Gasteiger partial charge in [-0.05, 0) is 0 Å². The fraction of sp³-hybridized carbons (Fsp3) is 0. The second-order valence-electron chi connectivity index (χ2n) is 0.660. The SMILES string of the molecule is Cl.P.c1c[nH]nn1. The molecule has 0 fully saturated rings. The molecule has 1 aromatic rings. The highest BCUT2D eigenvalue weighted by molar-refractivity contribution is 6.92. The van der Waals surface area contributed by atoms with Crippen molar-refractivity contribution in [3.05, 3.63) is 12.4 Å². The van der Waals surface area contributed by atoms with Gasteiger partial charge in [0.15, 0.2) is 0 Å². The summed E-state index contributed by atoms with van der Waals surface area (Å²) in [5.41, 5.74) is 0. The number of nitrogens with one attached hydrogen (secondary N) is 1. The highest BCUT2D eigenvalue weighted by atomic mass is 35.5. The number of aromatic nitrogens is 3. The second kappa shape index (κ2) is 5.86. The van der Waals surface area contributed by atoms with Crippen LogP contribution in [0, 0.1) is 0 Å². The predicted octanol–water partition coefficient (Wildman–Crippen LogP) is 0.285. The van der Waals surface area contributed by atoms with Crippen LogP contribution in [0.2, 0.25) is 0 Å². The minimum atomic E-state index is 0. The van der Waals surface area contributed by atoms with Gasteiger partial charge in [0.05, 0.1) is 6.20 Å². The largest absolute Gasteiger partial charge is 0.266 e. The van der Waals surface area contributed by atoms with Crippen molar-refractivity contribution < 1.29 is 0 Å². The Morgan fingerprint density at radius 3 is 2.29 bits per heavy atom. The third-order valence-electron chi connectivity index (χ3n) is 0.331. The molecular formula is C2H7ClN3P. The van der Waals surface area contributed by atoms with E-state index in [2.05, 4.69) is 15.4 Å². The summed E-state index contributed by atoms with van der Waals surface area (Å²) in [5.74, 6) is 0. The zero-order chi connectivity index (χ0) is 3.54. The van der Waals surface area contributed by atoms with E-state index in [-0.39, 0.29) is 22.3 Å². The molecule has 5 heteroatoms. The summed E-state index contributed by atoms with van der Waals surface area (Å²) in [6.07, 6.45) is 3.24. The molecule has 0 saturated heterocycles. The Morgan fingerprint density at radius 2 is 2.14 bits per heavy atom. The number of H-pyrrole nitrogens is 1. The highest BCUT2D eigenvalue weighted by Crippen LogP contribution is 1.55. The average Bonchev–Trinajstić information content (AvgIpc) is 1.76. The van der Waals surface area contributed by atoms with E-state index in [1.807, 2.05) is 0 Å². The second-order valence-corrected chi connectivity index (χ2v) is 0.660. The van der Waals surface area contributed by atoms with Crippen LogP contribution in [0.5, 0.6) is 0 Å². The number of nitrogens with zero attached hydrogens (tertiary/aromatic N) is 2. The first-order chi connectivity index (χ1) is 2.50. The molecule has 1 rings (SSSR count). The summed E-state index contributed by atoms with van der Waals surface area (Å²) < 4.78 is 0. The van der Waals surface area contributed by atoms with E-state index in [9.17, 15) is 0 Å². The lowest BCUT2D eigenvalue weighted by Gasteiger charge is -1.46. The normalized spacial score (nSPS) is 5.71. The monoisotopic (exact) mass is 139 g/mol. The summed E-state index contributed by atoms with van der Waals surface area (Å²) in [6, 6.07) is 0. The number of hydrogen-bond acceptors (Lipinski definition) is 2. The molecule has 1 atom stereocenters. The zero-order valence-corrected chi connectivity index (χ0v) is 5.90. The Bertz CT molecular complexity index is 69.4. The maximum atomic E-state index is 3.42. The highest BCUT2D eigenvalue weighted by Gasteiger charge is 1.57. The van der Waals surface area contributed by atoms with Crippen LogP contribution < -0.4 is 0 Å². The van der Waals surface area contributed by atoms with Crippen LogP contribution in [0.4, 0.5) is 0 Å². The van der Waals surface area contributed by atoms with Crippen molar-refractivity contribution >= 4 is 22.3 Å². The standard InChI is InChI=1S/C2H3N3.ClH.H3P/c1-2-4-5-3-1;;/h1-2H,(H,3,4,5);1H;1H3. The molecule has 0 aromatic carbocycles. The molecule has 0 spiro atoms. The van der Waals surface area contributed by atoms with E-state index in [0.29, 0.717) is 0 Å². The van der Waals surface area contributed by atoms with Gasteiger partial charge < -0.3 is 0 Å². The van der Waals surface area contributed by atoms with E-state index >= 15 is 0 Å². The Hall–Kier alpha value is -0.140. The Morgan fingerprint density at radius 1 is 1.43 bits per heavy atom. The molecule has 1 unspecified atom stereocenters. The van der Waals surface area contributed by atoms with Crippen LogP contribution in [-0.4, -0.2) is 15.4 Å². The summed E-state index contributed by atoms with van der Waals surface area (Å²) in [7, 11) is 0. The van der Waals surface area contributed by atoms with Crippen LogP contribution >= 0.6 is 22.3 Å². The lowest BCUT2D eigenvalue weighted by molar-refractivity contribution is 0.940. The average molecular weight is 140 g/mol. The van der Waals surface area contributed by atoms with Gasteiger partial charge in [-0.1, -0.05) is 5.21 Å². The maximum Gasteiger partial charge on any atom is 0.0690 e. The van der Waals surface area contributed by atoms with Crippen molar-refractivity contribution in [2.45, 2.75) is 0 Å². The van der Waals surface area contributed by atoms with E-state index in [4.69, 9.17) is 0 Å². The van der Waals surface area contributed by atoms with E-state index < -0.39 is 0 Å². The summed E-state index contributed by atoms with van der Waals surface area (Å²) in [5, 5.41) is 9.26. The van der Waals surface area contributed by atoms with Crippen LogP contribution in [0.15, 0.2) is 12.4 Å². The Kier molecular flexibility index (Phi) is 8.35. The first kappa shape index (κ1) is 9.97. The third-order valence-corrected chi connectivity index (χ3v) is 0.331. The molecule has 0 aliphatic heterocycles. The first-order valence-electron chi connectivity index (χ1n) is 1.30. The van der Waals surface area contributed by atoms with E-state index in [1.165, 1.54) is 0 Å². The van der Waals surface area contributed by atoms with Gasteiger partial charge in [0, 0.05) is 6.20 Å². The minimum absolute atomic E-state index is 0. The number of aromatic amines is 1. The van der Waals surface area contributed by atoms with Crippen LogP contribution in [0.3, 0.4) is 0 Å². The molecule has 0 radical (unpaired) electrons. The summed E-state index contributed by atoms with van der Waals surface area (Å²) in [6.45, 7) is 0. The molecule has 0 saturated carbocycles. The van der Waals surface area contributed by atoms with Gasteiger partial charge in [-0.25, -0.2) is 0 Å². The molecule has 7 heavy (non-hydrogen) atoms. The van der Waals surface area contributed by atoms with Crippen molar-refractivity contribution in [2.24, 2.45) is 0 Å². The van der Waals surface area contributed by atoms with Gasteiger partial charge in [0.25, 0.3) is 0 Å². The van der Waals surface area contributed by atoms with Gasteiger partial charge in [-0.15, -0.1) is 17.5 Å². The molecule has 3 nitrogen and oxygen atoms in total. The molecule has 0 aliphatic carbocycles. The van der Waals surface area contributed by atoms with E-state index in [1.54, 1.807) is 12.4 Å². The van der Waals surface area contributed by atoms with Crippen LogP contribution in [0.25, 0.3) is 0 Å². The molecular weight excluding hydrogens is 132 g/mol. The molecule has 1 N–H and O–H groups in total. The summed E-state index contributed by atoms with van der Waals surface area (Å²) in [4.78, 5) is 0. The number of rotatable bonds is 0. The first-order valence-corrected chi connectivity index (χ1v) is 1.30. The van der Waals surface area contributed by atoms with Crippen LogP contribution in [-0.2, 0) is 0 Å². The Labute approximate surface area is 50.9 Å². The molecule has 0 amide bonds. The van der Waals surface area contributed by atoms with Crippen molar-refractivity contribution in [1.82, 2.24) is 15.4 Å². The predicted molar refractivity (Wildman–Crippen MR) is 34.7 cm³/mol. The molecule has 1 heterocycles. The zero-order valence-electron chi connectivity index (χ0n) is 3.66. The van der Waals surface area contributed by atoms with Gasteiger partial charge >= 0.3 is 0 Å². The van der Waals surface area contributed by atoms with Crippen molar-refractivity contribution in [2.75, 3.05) is 0 Å². The van der Waals surface area contributed by atoms with E-state index in [0.717, 1.165) is 0 Å². The lowest BCUT2D eigenvalue weighted by Crippen LogP contribution is -1.61. The van der Waals surface area contributed by atoms with Crippen molar-refractivity contribution in [3.63, 3.8) is 0 Å². The minimum Gasteiger partial charge on any atom is -0.266 e. The summed E-state index contributed by atoms with van der Waals surface area (Å²) >= 11 is 0. The quantitative estimate of drug-likeness (QED) is 0.525. The lowest BCUT2D eigenvalue weighted by atomic mass is 11.0. The number of hydrogen-bond donors (Lipinski definition) is 1. The molecule has 42 valence electrons. The van der Waals surface area contributed by atoms with Crippen molar-refractivity contribution in [1.29, 1.82) is 0 Å². The topological polar surface area (TPSA) is 41.6 Å². The molecule has 0 bridgehead atoms. The third kappa shape index (κ3) is 3.70. The number of halogens is 1. The van der Waals surface area contributed by atoms with Crippen molar-refractivity contribution in [3.8, 4) is 0 Å². The Balaban J connectivity index is 0. The maximum absolute atomic E-state index is 3.42. The molecule has 0 aliphatic rings. The smallest absolute Gasteiger partial charge is 0.0690 e. The molecule has 1 aromatic heterocycles. The van der Waals surface area contributed by atoms with Gasteiger partial charge in [0.2, 0.25) is 0 Å². The van der Waals surface area contributed by atoms with Crippen LogP contribution in [0.1, 0.15) is 0 Å². The van der Waals surface area contributed by atoms with Gasteiger partial charge in [0.1, 0.15) is 0 Å². The fourth-order valence-electron chi connectivity index (χ4n) is 0.167. The van der Waals surface area contributed by atoms with Gasteiger partial charge in [-0.3, -0.25) is 5.10 Å². The fourth-order valence-corrected chi connectivity index (χ4v) is 0.167. The van der Waals surface area contributed by atoms with Gasteiger partial charge in [-0.2, -0.15) is 9.90 Å².